The summed E-state index contributed by atoms with van der Waals surface area (Å²) in [4.78, 5) is 7.97. The molecule has 0 radical (unpaired) electrons. The van der Waals surface area contributed by atoms with E-state index in [0.29, 0.717) is 0 Å². The van der Waals surface area contributed by atoms with Crippen LogP contribution in [0.1, 0.15) is 0 Å². The van der Waals surface area contributed by atoms with E-state index in [1.165, 1.54) is 0 Å². The molecular weight excluding hydrogens is 213 g/mol. The standard InChI is InChI=1S/C8H6N2.H6N3OP/c1-2-4-8-7(3-1)5-9-6-10-8;1-5(2,3)4/h1-6H;(H6,1,2,3,4). The van der Waals surface area contributed by atoms with Crippen molar-refractivity contribution in [2.45, 2.75) is 0 Å². The van der Waals surface area contributed by atoms with Gasteiger partial charge in [-0.2, -0.15) is 0 Å². The van der Waals surface area contributed by atoms with Crippen LogP contribution in [0.3, 0.4) is 0 Å². The van der Waals surface area contributed by atoms with Gasteiger partial charge in [-0.3, -0.25) is 21.1 Å². The van der Waals surface area contributed by atoms with Gasteiger partial charge in [0.25, 0.3) is 7.59 Å². The highest BCUT2D eigenvalue weighted by atomic mass is 31.2. The predicted octanol–water partition coefficient (Wildman–Crippen LogP) is 0.600. The van der Waals surface area contributed by atoms with Crippen LogP contribution in [0.15, 0.2) is 36.8 Å². The van der Waals surface area contributed by atoms with Crippen LogP contribution >= 0.6 is 7.59 Å². The van der Waals surface area contributed by atoms with Gasteiger partial charge >= 0.3 is 0 Å². The largest absolute Gasteiger partial charge is 0.272 e. The first-order valence-electron chi connectivity index (χ1n) is 4.07. The van der Waals surface area contributed by atoms with Crippen LogP contribution in [0.4, 0.5) is 0 Å². The van der Waals surface area contributed by atoms with Crippen LogP contribution in [-0.2, 0) is 4.57 Å². The molecule has 2 rings (SSSR count). The van der Waals surface area contributed by atoms with Crippen molar-refractivity contribution in [3.05, 3.63) is 36.8 Å². The van der Waals surface area contributed by atoms with Crippen molar-refractivity contribution in [2.75, 3.05) is 0 Å². The van der Waals surface area contributed by atoms with Gasteiger partial charge in [0.2, 0.25) is 0 Å². The summed E-state index contributed by atoms with van der Waals surface area (Å²) in [6, 6.07) is 7.91. The Bertz CT molecular complexity index is 409. The zero-order valence-corrected chi connectivity index (χ0v) is 8.84. The Morgan fingerprint density at radius 2 is 1.73 bits per heavy atom. The van der Waals surface area contributed by atoms with Crippen molar-refractivity contribution in [3.63, 3.8) is 0 Å². The topological polar surface area (TPSA) is 121 Å². The minimum Gasteiger partial charge on any atom is -0.272 e. The quantitative estimate of drug-likeness (QED) is 0.564. The average molecular weight is 225 g/mol. The lowest BCUT2D eigenvalue weighted by Crippen LogP contribution is -2.12. The van der Waals surface area contributed by atoms with Gasteiger partial charge in [0.05, 0.1) is 5.52 Å². The molecule has 0 aliphatic heterocycles. The average Bonchev–Trinajstić information content (AvgIpc) is 2.16. The molecule has 6 nitrogen and oxygen atoms in total. The Labute approximate surface area is 87.0 Å². The van der Waals surface area contributed by atoms with E-state index in [9.17, 15) is 4.57 Å². The molecule has 0 atom stereocenters. The highest BCUT2D eigenvalue weighted by molar-refractivity contribution is 7.56. The summed E-state index contributed by atoms with van der Waals surface area (Å²) in [5, 5.41) is 1.09. The van der Waals surface area contributed by atoms with E-state index in [1.54, 1.807) is 6.33 Å². The maximum Gasteiger partial charge on any atom is 0.271 e. The van der Waals surface area contributed by atoms with E-state index in [0.717, 1.165) is 10.9 Å². The number of nitrogens with zero attached hydrogens (tertiary/aromatic N) is 2. The van der Waals surface area contributed by atoms with Crippen molar-refractivity contribution in [1.29, 1.82) is 0 Å². The van der Waals surface area contributed by atoms with Crippen molar-refractivity contribution >= 4 is 18.5 Å². The molecule has 0 bridgehead atoms. The van der Waals surface area contributed by atoms with E-state index < -0.39 is 7.59 Å². The molecule has 7 heteroatoms. The first-order valence-corrected chi connectivity index (χ1v) is 5.99. The summed E-state index contributed by atoms with van der Waals surface area (Å²) in [5.41, 5.74) is 14.4. The maximum absolute atomic E-state index is 9.55. The van der Waals surface area contributed by atoms with Crippen LogP contribution in [0.2, 0.25) is 0 Å². The summed E-state index contributed by atoms with van der Waals surface area (Å²) >= 11 is 0. The monoisotopic (exact) mass is 225 g/mol. The predicted molar refractivity (Wildman–Crippen MR) is 59.7 cm³/mol. The van der Waals surface area contributed by atoms with E-state index in [1.807, 2.05) is 30.5 Å². The number of aromatic nitrogens is 2. The lowest BCUT2D eigenvalue weighted by atomic mass is 10.2. The molecule has 0 unspecified atom stereocenters. The minimum absolute atomic E-state index is 0.998. The first-order chi connectivity index (χ1) is 6.97. The van der Waals surface area contributed by atoms with Crippen molar-refractivity contribution in [1.82, 2.24) is 9.97 Å². The molecule has 1 aromatic carbocycles. The van der Waals surface area contributed by atoms with E-state index >= 15 is 0 Å². The van der Waals surface area contributed by atoms with Gasteiger partial charge in [0.15, 0.2) is 0 Å². The third kappa shape index (κ3) is 5.19. The third-order valence-corrected chi connectivity index (χ3v) is 1.41. The lowest BCUT2D eigenvalue weighted by molar-refractivity contribution is 0.577. The SMILES string of the molecule is NP(N)(N)=O.c1ccc2ncncc2c1. The maximum atomic E-state index is 9.55. The van der Waals surface area contributed by atoms with E-state index in [2.05, 4.69) is 26.5 Å². The van der Waals surface area contributed by atoms with E-state index in [4.69, 9.17) is 0 Å². The van der Waals surface area contributed by atoms with Crippen LogP contribution in [0, 0.1) is 0 Å². The Kier molecular flexibility index (Phi) is 3.88. The van der Waals surface area contributed by atoms with Gasteiger partial charge in [-0.25, -0.2) is 9.97 Å². The molecule has 0 spiro atoms. The molecule has 0 aliphatic carbocycles. The number of nitrogens with two attached hydrogens (primary N) is 3. The molecule has 0 fully saturated rings. The molecule has 0 aliphatic rings. The number of hydrogen-bond acceptors (Lipinski definition) is 3. The van der Waals surface area contributed by atoms with Crippen molar-refractivity contribution in [2.24, 2.45) is 16.5 Å². The van der Waals surface area contributed by atoms with E-state index in [-0.39, 0.29) is 0 Å². The molecular formula is C8H12N5OP. The number of hydrogen-bond donors (Lipinski definition) is 3. The summed E-state index contributed by atoms with van der Waals surface area (Å²) < 4.78 is 9.55. The van der Waals surface area contributed by atoms with Crippen LogP contribution in [-0.4, -0.2) is 9.97 Å². The fraction of sp³-hybridized carbons (Fsp3) is 0. The third-order valence-electron chi connectivity index (χ3n) is 1.41. The zero-order chi connectivity index (χ0) is 11.3. The fourth-order valence-electron chi connectivity index (χ4n) is 0.923. The first kappa shape index (κ1) is 11.7. The zero-order valence-electron chi connectivity index (χ0n) is 7.95. The van der Waals surface area contributed by atoms with Gasteiger partial charge in [-0.15, -0.1) is 0 Å². The van der Waals surface area contributed by atoms with Gasteiger partial charge < -0.3 is 0 Å². The lowest BCUT2D eigenvalue weighted by Gasteiger charge is -1.90. The molecule has 6 N–H and O–H groups in total. The molecule has 1 heterocycles. The number of fused-ring (bicyclic) bond motifs is 1. The number of benzene rings is 1. The molecule has 1 aromatic heterocycles. The molecule has 0 saturated carbocycles. The fourth-order valence-corrected chi connectivity index (χ4v) is 0.923. The van der Waals surface area contributed by atoms with Crippen LogP contribution in [0.25, 0.3) is 10.9 Å². The summed E-state index contributed by atoms with van der Waals surface area (Å²) in [6.45, 7) is 0. The minimum atomic E-state index is -3.14. The van der Waals surface area contributed by atoms with Gasteiger partial charge in [0, 0.05) is 11.6 Å². The number of rotatable bonds is 0. The molecule has 15 heavy (non-hydrogen) atoms. The van der Waals surface area contributed by atoms with Gasteiger partial charge in [-0.05, 0) is 6.07 Å². The Morgan fingerprint density at radius 3 is 2.33 bits per heavy atom. The van der Waals surface area contributed by atoms with Crippen molar-refractivity contribution in [3.8, 4) is 0 Å². The molecule has 0 amide bonds. The second kappa shape index (κ2) is 4.95. The van der Waals surface area contributed by atoms with Crippen LogP contribution in [0.5, 0.6) is 0 Å². The Hall–Kier alpha value is -1.33. The second-order valence-electron chi connectivity index (χ2n) is 2.84. The van der Waals surface area contributed by atoms with Gasteiger partial charge in [-0.1, -0.05) is 18.2 Å². The molecule has 2 aromatic rings. The summed E-state index contributed by atoms with van der Waals surface area (Å²) in [6.07, 6.45) is 3.37. The highest BCUT2D eigenvalue weighted by Gasteiger charge is 1.90. The summed E-state index contributed by atoms with van der Waals surface area (Å²) in [7, 11) is -3.14. The molecule has 80 valence electrons. The molecule has 0 saturated heterocycles. The summed E-state index contributed by atoms with van der Waals surface area (Å²) in [5.74, 6) is 0. The highest BCUT2D eigenvalue weighted by Crippen LogP contribution is 2.07. The smallest absolute Gasteiger partial charge is 0.271 e. The number of para-hydroxylation sites is 1. The normalized spacial score (nSPS) is 10.6. The van der Waals surface area contributed by atoms with Gasteiger partial charge in [0.1, 0.15) is 6.33 Å². The Balaban J connectivity index is 0.000000195. The van der Waals surface area contributed by atoms with Crippen molar-refractivity contribution < 1.29 is 4.57 Å². The Morgan fingerprint density at radius 1 is 1.13 bits per heavy atom. The van der Waals surface area contributed by atoms with Crippen LogP contribution < -0.4 is 16.5 Å². The second-order valence-corrected chi connectivity index (χ2v) is 4.37.